The Morgan fingerprint density at radius 3 is 2.78 bits per heavy atom. The molecule has 0 unspecified atom stereocenters. The Hall–Kier alpha value is -1.52. The Bertz CT molecular complexity index is 436. The lowest BCUT2D eigenvalue weighted by molar-refractivity contribution is -0.121. The summed E-state index contributed by atoms with van der Waals surface area (Å²) >= 11 is 0. The smallest absolute Gasteiger partial charge is 0.220 e. The zero-order chi connectivity index (χ0) is 16.5. The number of hydrogen-bond donors (Lipinski definition) is 2. The van der Waals surface area contributed by atoms with Crippen LogP contribution in [0.4, 0.5) is 0 Å². The molecule has 0 saturated carbocycles. The maximum absolute atomic E-state index is 11.5. The number of likely N-dealkylation sites (tertiary alicyclic amines) is 1. The van der Waals surface area contributed by atoms with Crippen LogP contribution in [-0.4, -0.2) is 50.0 Å². The zero-order valence-electron chi connectivity index (χ0n) is 14.7. The molecule has 0 atom stereocenters. The van der Waals surface area contributed by atoms with Gasteiger partial charge in [-0.1, -0.05) is 11.6 Å². The van der Waals surface area contributed by atoms with Gasteiger partial charge < -0.3 is 15.5 Å². The van der Waals surface area contributed by atoms with Gasteiger partial charge in [-0.15, -0.1) is 0 Å². The Labute approximate surface area is 140 Å². The summed E-state index contributed by atoms with van der Waals surface area (Å²) in [6, 6.07) is 0. The molecule has 0 bridgehead atoms. The van der Waals surface area contributed by atoms with Crippen LogP contribution in [0.1, 0.15) is 51.9 Å². The molecule has 2 rings (SSSR count). The zero-order valence-corrected chi connectivity index (χ0v) is 14.7. The third-order valence-corrected chi connectivity index (χ3v) is 4.83. The largest absolute Gasteiger partial charge is 0.359 e. The molecule has 130 valence electrons. The molecular formula is C18H32N4O. The molecule has 0 aromatic heterocycles. The number of guanidine groups is 1. The van der Waals surface area contributed by atoms with E-state index in [1.54, 1.807) is 12.6 Å². The van der Waals surface area contributed by atoms with Crippen LogP contribution in [0.15, 0.2) is 16.6 Å². The van der Waals surface area contributed by atoms with Crippen LogP contribution < -0.4 is 10.6 Å². The van der Waals surface area contributed by atoms with Gasteiger partial charge >= 0.3 is 0 Å². The molecule has 2 aliphatic rings. The Balaban J connectivity index is 1.80. The first kappa shape index (κ1) is 17.8. The molecule has 1 heterocycles. The Kier molecular flexibility index (Phi) is 7.43. The van der Waals surface area contributed by atoms with Crippen LogP contribution in [0.3, 0.4) is 0 Å². The first-order chi connectivity index (χ1) is 11.2. The molecule has 1 aliphatic carbocycles. The van der Waals surface area contributed by atoms with Crippen molar-refractivity contribution in [2.24, 2.45) is 10.9 Å². The van der Waals surface area contributed by atoms with Gasteiger partial charge in [-0.2, -0.15) is 0 Å². The van der Waals surface area contributed by atoms with Crippen molar-refractivity contribution in [3.05, 3.63) is 11.6 Å². The van der Waals surface area contributed by atoms with Crippen molar-refractivity contribution in [2.45, 2.75) is 51.9 Å². The number of amides is 1. The van der Waals surface area contributed by atoms with Crippen LogP contribution >= 0.6 is 0 Å². The molecule has 5 nitrogen and oxygen atoms in total. The van der Waals surface area contributed by atoms with Crippen molar-refractivity contribution in [1.82, 2.24) is 15.5 Å². The highest BCUT2D eigenvalue weighted by Crippen LogP contribution is 2.22. The van der Waals surface area contributed by atoms with Gasteiger partial charge in [0.05, 0.1) is 0 Å². The standard InChI is InChI=1S/C18H32N4O/c1-3-20-18(21-11-8-15-6-4-5-7-15)22-12-9-16(10-13-22)14-17(23)19-2/h6,16H,3-5,7-14H2,1-2H3,(H,19,23)(H,20,21). The average Bonchev–Trinajstić information content (AvgIpc) is 3.08. The van der Waals surface area contributed by atoms with E-state index in [4.69, 9.17) is 4.99 Å². The minimum absolute atomic E-state index is 0.161. The summed E-state index contributed by atoms with van der Waals surface area (Å²) in [7, 11) is 1.72. The van der Waals surface area contributed by atoms with Gasteiger partial charge in [0.1, 0.15) is 0 Å². The number of carbonyl (C=O) groups is 1. The summed E-state index contributed by atoms with van der Waals surface area (Å²) in [6.45, 7) is 5.89. The van der Waals surface area contributed by atoms with Gasteiger partial charge in [-0.25, -0.2) is 0 Å². The topological polar surface area (TPSA) is 56.7 Å². The van der Waals surface area contributed by atoms with Crippen LogP contribution in [0.25, 0.3) is 0 Å². The maximum atomic E-state index is 11.5. The van der Waals surface area contributed by atoms with Crippen LogP contribution in [0.5, 0.6) is 0 Å². The predicted molar refractivity (Wildman–Crippen MR) is 95.5 cm³/mol. The lowest BCUT2D eigenvalue weighted by Gasteiger charge is -2.34. The summed E-state index contributed by atoms with van der Waals surface area (Å²) in [5, 5.41) is 6.15. The summed E-state index contributed by atoms with van der Waals surface area (Å²) in [5.41, 5.74) is 1.58. The number of nitrogens with one attached hydrogen (secondary N) is 2. The first-order valence-corrected chi connectivity index (χ1v) is 9.14. The van der Waals surface area contributed by atoms with E-state index >= 15 is 0 Å². The van der Waals surface area contributed by atoms with E-state index in [0.29, 0.717) is 12.3 Å². The molecule has 2 N–H and O–H groups in total. The third kappa shape index (κ3) is 5.88. The van der Waals surface area contributed by atoms with Crippen molar-refractivity contribution in [1.29, 1.82) is 0 Å². The van der Waals surface area contributed by atoms with E-state index in [1.165, 1.54) is 19.3 Å². The summed E-state index contributed by atoms with van der Waals surface area (Å²) in [4.78, 5) is 18.7. The highest BCUT2D eigenvalue weighted by Gasteiger charge is 2.23. The maximum Gasteiger partial charge on any atom is 0.220 e. The first-order valence-electron chi connectivity index (χ1n) is 9.14. The molecule has 0 spiro atoms. The fraction of sp³-hybridized carbons (Fsp3) is 0.778. The number of carbonyl (C=O) groups excluding carboxylic acids is 1. The molecule has 1 aliphatic heterocycles. The van der Waals surface area contributed by atoms with Crippen LogP contribution in [0, 0.1) is 5.92 Å². The number of allylic oxidation sites excluding steroid dienone is 1. The molecule has 0 aromatic rings. The number of rotatable bonds is 6. The lowest BCUT2D eigenvalue weighted by Crippen LogP contribution is -2.46. The Morgan fingerprint density at radius 2 is 2.17 bits per heavy atom. The minimum atomic E-state index is 0.161. The van der Waals surface area contributed by atoms with Crippen molar-refractivity contribution < 1.29 is 4.79 Å². The molecule has 5 heteroatoms. The van der Waals surface area contributed by atoms with Gasteiger partial charge in [0.2, 0.25) is 5.91 Å². The SMILES string of the molecule is CCNC(=NCCC1=CCCC1)N1CCC(CC(=O)NC)CC1. The van der Waals surface area contributed by atoms with Crippen LogP contribution in [-0.2, 0) is 4.79 Å². The number of nitrogens with zero attached hydrogens (tertiary/aromatic N) is 2. The highest BCUT2D eigenvalue weighted by atomic mass is 16.1. The lowest BCUT2D eigenvalue weighted by atomic mass is 9.93. The second-order valence-electron chi connectivity index (χ2n) is 6.55. The van der Waals surface area contributed by atoms with Gasteiger partial charge in [-0.3, -0.25) is 9.79 Å². The highest BCUT2D eigenvalue weighted by molar-refractivity contribution is 5.80. The van der Waals surface area contributed by atoms with E-state index in [1.807, 2.05) is 0 Å². The van der Waals surface area contributed by atoms with Gasteiger partial charge in [0.15, 0.2) is 5.96 Å². The van der Waals surface area contributed by atoms with E-state index in [2.05, 4.69) is 28.5 Å². The summed E-state index contributed by atoms with van der Waals surface area (Å²) in [5.74, 6) is 1.72. The van der Waals surface area contributed by atoms with Crippen molar-refractivity contribution in [3.8, 4) is 0 Å². The molecular weight excluding hydrogens is 288 g/mol. The van der Waals surface area contributed by atoms with Crippen LogP contribution in [0.2, 0.25) is 0 Å². The molecule has 1 amide bonds. The normalized spacial score (nSPS) is 19.7. The second kappa shape index (κ2) is 9.58. The molecule has 23 heavy (non-hydrogen) atoms. The van der Waals surface area contributed by atoms with E-state index in [-0.39, 0.29) is 5.91 Å². The van der Waals surface area contributed by atoms with Gasteiger partial charge in [0.25, 0.3) is 0 Å². The number of aliphatic imine (C=N–C) groups is 1. The Morgan fingerprint density at radius 1 is 1.39 bits per heavy atom. The molecule has 1 fully saturated rings. The predicted octanol–water partition coefficient (Wildman–Crippen LogP) is 2.30. The number of hydrogen-bond acceptors (Lipinski definition) is 2. The van der Waals surface area contributed by atoms with Crippen molar-refractivity contribution in [3.63, 3.8) is 0 Å². The van der Waals surface area contributed by atoms with Gasteiger partial charge in [0, 0.05) is 39.6 Å². The number of piperidine rings is 1. The minimum Gasteiger partial charge on any atom is -0.359 e. The second-order valence-corrected chi connectivity index (χ2v) is 6.55. The summed E-state index contributed by atoms with van der Waals surface area (Å²) < 4.78 is 0. The van der Waals surface area contributed by atoms with E-state index in [9.17, 15) is 4.79 Å². The summed E-state index contributed by atoms with van der Waals surface area (Å²) in [6.07, 6.45) is 10.1. The van der Waals surface area contributed by atoms with Crippen molar-refractivity contribution >= 4 is 11.9 Å². The fourth-order valence-corrected chi connectivity index (χ4v) is 3.41. The quantitative estimate of drug-likeness (QED) is 0.448. The molecule has 0 radical (unpaired) electrons. The van der Waals surface area contributed by atoms with E-state index < -0.39 is 0 Å². The molecule has 1 saturated heterocycles. The molecule has 0 aromatic carbocycles. The van der Waals surface area contributed by atoms with Gasteiger partial charge in [-0.05, 0) is 51.4 Å². The monoisotopic (exact) mass is 320 g/mol. The van der Waals surface area contributed by atoms with E-state index in [0.717, 1.165) is 51.4 Å². The van der Waals surface area contributed by atoms with Crippen molar-refractivity contribution in [2.75, 3.05) is 33.2 Å². The third-order valence-electron chi connectivity index (χ3n) is 4.83. The average molecular weight is 320 g/mol. The fourth-order valence-electron chi connectivity index (χ4n) is 3.41.